The summed E-state index contributed by atoms with van der Waals surface area (Å²) >= 11 is 1.34. The van der Waals surface area contributed by atoms with E-state index in [0.717, 1.165) is 15.8 Å². The van der Waals surface area contributed by atoms with Crippen LogP contribution in [0.4, 0.5) is 9.52 Å². The van der Waals surface area contributed by atoms with Crippen molar-refractivity contribution in [3.63, 3.8) is 0 Å². The Labute approximate surface area is 156 Å². The number of thiazole rings is 1. The predicted octanol–water partition coefficient (Wildman–Crippen LogP) is 4.26. The van der Waals surface area contributed by atoms with Crippen molar-refractivity contribution in [2.75, 3.05) is 32.1 Å². The van der Waals surface area contributed by atoms with Crippen molar-refractivity contribution in [2.45, 2.75) is 13.8 Å². The highest BCUT2D eigenvalue weighted by molar-refractivity contribution is 7.22. The molecule has 0 N–H and O–H groups in total. The molecule has 2 aromatic carbocycles. The van der Waals surface area contributed by atoms with Crippen molar-refractivity contribution in [1.82, 2.24) is 9.88 Å². The Balaban J connectivity index is 2.03. The van der Waals surface area contributed by atoms with Gasteiger partial charge in [0.05, 0.1) is 4.70 Å². The summed E-state index contributed by atoms with van der Waals surface area (Å²) in [5.41, 5.74) is 3.00. The van der Waals surface area contributed by atoms with Gasteiger partial charge in [0.1, 0.15) is 11.3 Å². The number of fused-ring (bicyclic) bond motifs is 1. The Morgan fingerprint density at radius 2 is 1.92 bits per heavy atom. The minimum absolute atomic E-state index is 0.108. The number of aryl methyl sites for hydroxylation is 2. The summed E-state index contributed by atoms with van der Waals surface area (Å²) in [5, 5.41) is 0.525. The van der Waals surface area contributed by atoms with Crippen LogP contribution in [0.15, 0.2) is 36.4 Å². The van der Waals surface area contributed by atoms with Gasteiger partial charge < -0.3 is 4.90 Å². The molecule has 26 heavy (non-hydrogen) atoms. The Morgan fingerprint density at radius 1 is 1.15 bits per heavy atom. The molecule has 1 amide bonds. The zero-order valence-corrected chi connectivity index (χ0v) is 16.2. The Bertz CT molecular complexity index is 951. The molecule has 0 aliphatic heterocycles. The highest BCUT2D eigenvalue weighted by Gasteiger charge is 2.23. The minimum atomic E-state index is -0.364. The molecule has 0 radical (unpaired) electrons. The number of nitrogens with zero attached hydrogens (tertiary/aromatic N) is 3. The lowest BCUT2D eigenvalue weighted by atomic mass is 10.0. The van der Waals surface area contributed by atoms with Crippen LogP contribution in [0, 0.1) is 19.7 Å². The first-order valence-electron chi connectivity index (χ1n) is 8.45. The third-order valence-corrected chi connectivity index (χ3v) is 5.26. The maximum absolute atomic E-state index is 14.0. The molecule has 0 bridgehead atoms. The van der Waals surface area contributed by atoms with Gasteiger partial charge in [0.15, 0.2) is 5.13 Å². The number of aromatic nitrogens is 1. The summed E-state index contributed by atoms with van der Waals surface area (Å²) in [6.45, 7) is 5.11. The third-order valence-electron chi connectivity index (χ3n) is 4.22. The van der Waals surface area contributed by atoms with Gasteiger partial charge in [-0.15, -0.1) is 0 Å². The summed E-state index contributed by atoms with van der Waals surface area (Å²) in [4.78, 5) is 21.3. The van der Waals surface area contributed by atoms with Crippen molar-refractivity contribution >= 4 is 32.6 Å². The molecule has 0 unspecified atom stereocenters. The quantitative estimate of drug-likeness (QED) is 0.672. The molecule has 0 fully saturated rings. The minimum Gasteiger partial charge on any atom is -0.308 e. The van der Waals surface area contributed by atoms with Gasteiger partial charge in [-0.1, -0.05) is 35.1 Å². The first-order chi connectivity index (χ1) is 12.4. The molecular weight excluding hydrogens is 349 g/mol. The molecule has 136 valence electrons. The number of benzene rings is 2. The second kappa shape index (κ2) is 7.51. The van der Waals surface area contributed by atoms with E-state index in [1.165, 1.54) is 17.4 Å². The first kappa shape index (κ1) is 18.5. The molecule has 1 aromatic heterocycles. The number of para-hydroxylation sites is 1. The number of hydrogen-bond acceptors (Lipinski definition) is 4. The lowest BCUT2D eigenvalue weighted by Crippen LogP contribution is -2.37. The number of likely N-dealkylation sites (N-methyl/N-ethyl adjacent to an activating group) is 1. The summed E-state index contributed by atoms with van der Waals surface area (Å²) in [6, 6.07) is 10.7. The number of rotatable bonds is 5. The Kier molecular flexibility index (Phi) is 5.34. The van der Waals surface area contributed by atoms with Crippen LogP contribution < -0.4 is 4.90 Å². The number of hydrogen-bond donors (Lipinski definition) is 0. The van der Waals surface area contributed by atoms with E-state index in [9.17, 15) is 9.18 Å². The second-order valence-electron chi connectivity index (χ2n) is 6.66. The monoisotopic (exact) mass is 371 g/mol. The van der Waals surface area contributed by atoms with Gasteiger partial charge in [-0.05, 0) is 51.7 Å². The summed E-state index contributed by atoms with van der Waals surface area (Å²) in [5.74, 6) is -0.472. The summed E-state index contributed by atoms with van der Waals surface area (Å²) in [6.07, 6.45) is 0. The van der Waals surface area contributed by atoms with Crippen LogP contribution >= 0.6 is 11.3 Å². The first-order valence-corrected chi connectivity index (χ1v) is 9.27. The fraction of sp³-hybridized carbons (Fsp3) is 0.300. The lowest BCUT2D eigenvalue weighted by molar-refractivity contribution is 0.0984. The highest BCUT2D eigenvalue weighted by Crippen LogP contribution is 2.31. The smallest absolute Gasteiger partial charge is 0.260 e. The number of anilines is 1. The van der Waals surface area contributed by atoms with Gasteiger partial charge in [-0.2, -0.15) is 0 Å². The maximum Gasteiger partial charge on any atom is 0.260 e. The lowest BCUT2D eigenvalue weighted by Gasteiger charge is -2.22. The molecule has 0 aliphatic carbocycles. The number of halogens is 1. The molecule has 3 rings (SSSR count). The van der Waals surface area contributed by atoms with Crippen LogP contribution in [-0.2, 0) is 0 Å². The second-order valence-corrected chi connectivity index (χ2v) is 7.67. The van der Waals surface area contributed by atoms with E-state index < -0.39 is 0 Å². The molecular formula is C20H22FN3OS. The molecule has 4 nitrogen and oxygen atoms in total. The number of amides is 1. The average Bonchev–Trinajstić information content (AvgIpc) is 3.00. The third kappa shape index (κ3) is 3.76. The highest BCUT2D eigenvalue weighted by atomic mass is 32.1. The van der Waals surface area contributed by atoms with Crippen molar-refractivity contribution in [2.24, 2.45) is 0 Å². The van der Waals surface area contributed by atoms with Crippen LogP contribution in [0.25, 0.3) is 10.2 Å². The molecule has 0 spiro atoms. The van der Waals surface area contributed by atoms with E-state index in [0.29, 0.717) is 29.3 Å². The zero-order chi connectivity index (χ0) is 18.8. The van der Waals surface area contributed by atoms with Gasteiger partial charge in [-0.3, -0.25) is 9.69 Å². The van der Waals surface area contributed by atoms with Crippen molar-refractivity contribution in [3.8, 4) is 0 Å². The van der Waals surface area contributed by atoms with Gasteiger partial charge in [0, 0.05) is 18.7 Å². The average molecular weight is 371 g/mol. The molecule has 6 heteroatoms. The van der Waals surface area contributed by atoms with Gasteiger partial charge in [-0.25, -0.2) is 9.37 Å². The fourth-order valence-electron chi connectivity index (χ4n) is 2.80. The van der Waals surface area contributed by atoms with Crippen LogP contribution in [0.5, 0.6) is 0 Å². The fourth-order valence-corrected chi connectivity index (χ4v) is 3.81. The number of carbonyl (C=O) groups excluding carboxylic acids is 1. The van der Waals surface area contributed by atoms with E-state index in [4.69, 9.17) is 0 Å². The van der Waals surface area contributed by atoms with Gasteiger partial charge >= 0.3 is 0 Å². The van der Waals surface area contributed by atoms with Crippen molar-refractivity contribution in [1.29, 1.82) is 0 Å². The Hall–Kier alpha value is -2.31. The number of carbonyl (C=O) groups is 1. The molecule has 0 saturated heterocycles. The molecule has 3 aromatic rings. The largest absolute Gasteiger partial charge is 0.308 e. The zero-order valence-electron chi connectivity index (χ0n) is 15.4. The standard InChI is InChI=1S/C20H22FN3OS/c1-13-8-9-15(14(2)12-13)19(25)24(11-10-23(3)4)20-22-18-16(21)6-5-7-17(18)26-20/h5-9,12H,10-11H2,1-4H3. The molecule has 0 aliphatic rings. The van der Waals surface area contributed by atoms with E-state index in [1.807, 2.05) is 57.1 Å². The van der Waals surface area contributed by atoms with E-state index >= 15 is 0 Å². The summed E-state index contributed by atoms with van der Waals surface area (Å²) in [7, 11) is 3.91. The SMILES string of the molecule is Cc1ccc(C(=O)N(CCN(C)C)c2nc3c(F)cccc3s2)c(C)c1. The van der Waals surface area contributed by atoms with Crippen LogP contribution in [0.2, 0.25) is 0 Å². The molecule has 1 heterocycles. The summed E-state index contributed by atoms with van der Waals surface area (Å²) < 4.78 is 14.8. The van der Waals surface area contributed by atoms with Crippen LogP contribution in [0.3, 0.4) is 0 Å². The maximum atomic E-state index is 14.0. The van der Waals surface area contributed by atoms with Crippen LogP contribution in [-0.4, -0.2) is 43.0 Å². The van der Waals surface area contributed by atoms with E-state index in [2.05, 4.69) is 4.98 Å². The van der Waals surface area contributed by atoms with Crippen LogP contribution in [0.1, 0.15) is 21.5 Å². The van der Waals surface area contributed by atoms with Crippen molar-refractivity contribution in [3.05, 3.63) is 58.9 Å². The Morgan fingerprint density at radius 3 is 2.58 bits per heavy atom. The van der Waals surface area contributed by atoms with E-state index in [1.54, 1.807) is 11.0 Å². The topological polar surface area (TPSA) is 36.4 Å². The van der Waals surface area contributed by atoms with Crippen molar-refractivity contribution < 1.29 is 9.18 Å². The van der Waals surface area contributed by atoms with Gasteiger partial charge in [0.2, 0.25) is 0 Å². The van der Waals surface area contributed by atoms with E-state index in [-0.39, 0.29) is 11.7 Å². The normalized spacial score (nSPS) is 11.3. The predicted molar refractivity (Wildman–Crippen MR) is 106 cm³/mol. The molecule has 0 saturated carbocycles. The molecule has 0 atom stereocenters. The van der Waals surface area contributed by atoms with Gasteiger partial charge in [0.25, 0.3) is 5.91 Å².